The van der Waals surface area contributed by atoms with Gasteiger partial charge >= 0.3 is 0 Å². The second-order valence-electron chi connectivity index (χ2n) is 4.65. The highest BCUT2D eigenvalue weighted by Gasteiger charge is 2.08. The molecule has 1 N–H and O–H groups in total. The Labute approximate surface area is 118 Å². The van der Waals surface area contributed by atoms with Crippen LogP contribution in [-0.4, -0.2) is 18.6 Å². The normalized spacial score (nSPS) is 12.2. The van der Waals surface area contributed by atoms with Crippen LogP contribution in [0.5, 0.6) is 5.75 Å². The van der Waals surface area contributed by atoms with Gasteiger partial charge in [-0.1, -0.05) is 6.07 Å². The number of ether oxygens (including phenoxy) is 1. The van der Waals surface area contributed by atoms with E-state index in [0.717, 1.165) is 17.5 Å². The summed E-state index contributed by atoms with van der Waals surface area (Å²) < 4.78 is 19.4. The van der Waals surface area contributed by atoms with Crippen LogP contribution in [0.1, 0.15) is 24.1 Å². The van der Waals surface area contributed by atoms with Crippen molar-refractivity contribution in [3.63, 3.8) is 0 Å². The largest absolute Gasteiger partial charge is 0.490 e. The van der Waals surface area contributed by atoms with Crippen LogP contribution >= 0.6 is 0 Å². The molecule has 4 heteroatoms. The number of halogens is 1. The van der Waals surface area contributed by atoms with E-state index in [4.69, 9.17) is 4.74 Å². The minimum atomic E-state index is -0.320. The molecule has 0 bridgehead atoms. The molecule has 20 heavy (non-hydrogen) atoms. The van der Waals surface area contributed by atoms with Gasteiger partial charge in [0.1, 0.15) is 0 Å². The Morgan fingerprint density at radius 3 is 2.65 bits per heavy atom. The SMILES string of the molecule is CNC(C)c1ccc(OCCc2ccncc2)c(F)c1. The van der Waals surface area contributed by atoms with Crippen molar-refractivity contribution in [1.29, 1.82) is 0 Å². The molecule has 1 aromatic heterocycles. The van der Waals surface area contributed by atoms with Crippen molar-refractivity contribution < 1.29 is 9.13 Å². The summed E-state index contributed by atoms with van der Waals surface area (Å²) in [5.74, 6) is -0.0227. The zero-order chi connectivity index (χ0) is 14.4. The molecule has 2 rings (SSSR count). The molecular formula is C16H19FN2O. The molecule has 0 fully saturated rings. The van der Waals surface area contributed by atoms with Crippen molar-refractivity contribution in [2.75, 3.05) is 13.7 Å². The highest BCUT2D eigenvalue weighted by molar-refractivity contribution is 5.31. The summed E-state index contributed by atoms with van der Waals surface area (Å²) in [7, 11) is 1.85. The first-order chi connectivity index (χ1) is 9.70. The summed E-state index contributed by atoms with van der Waals surface area (Å²) >= 11 is 0. The predicted molar refractivity (Wildman–Crippen MR) is 77.3 cm³/mol. The molecule has 0 spiro atoms. The molecule has 0 radical (unpaired) electrons. The molecule has 2 aromatic rings. The topological polar surface area (TPSA) is 34.1 Å². The molecule has 0 aliphatic heterocycles. The van der Waals surface area contributed by atoms with Crippen molar-refractivity contribution in [1.82, 2.24) is 10.3 Å². The molecule has 106 valence electrons. The van der Waals surface area contributed by atoms with Crippen molar-refractivity contribution in [2.45, 2.75) is 19.4 Å². The van der Waals surface area contributed by atoms with Crippen LogP contribution in [0.25, 0.3) is 0 Å². The number of nitrogens with one attached hydrogen (secondary N) is 1. The average Bonchev–Trinajstić information content (AvgIpc) is 2.49. The summed E-state index contributed by atoms with van der Waals surface area (Å²) in [6.07, 6.45) is 4.21. The second kappa shape index (κ2) is 7.01. The lowest BCUT2D eigenvalue weighted by Crippen LogP contribution is -2.12. The van der Waals surface area contributed by atoms with Crippen LogP contribution in [0.4, 0.5) is 4.39 Å². The van der Waals surface area contributed by atoms with Crippen molar-refractivity contribution in [2.24, 2.45) is 0 Å². The fourth-order valence-electron chi connectivity index (χ4n) is 1.90. The van der Waals surface area contributed by atoms with Gasteiger partial charge in [0.15, 0.2) is 11.6 Å². The standard InChI is InChI=1S/C16H19FN2O/c1-12(18-2)14-3-4-16(15(17)11-14)20-10-7-13-5-8-19-9-6-13/h3-6,8-9,11-12,18H,7,10H2,1-2H3. The highest BCUT2D eigenvalue weighted by Crippen LogP contribution is 2.22. The van der Waals surface area contributed by atoms with Crippen molar-refractivity contribution >= 4 is 0 Å². The minimum absolute atomic E-state index is 0.121. The van der Waals surface area contributed by atoms with E-state index in [0.29, 0.717) is 12.4 Å². The summed E-state index contributed by atoms with van der Waals surface area (Å²) in [6, 6.07) is 9.06. The molecule has 0 amide bonds. The van der Waals surface area contributed by atoms with E-state index in [9.17, 15) is 4.39 Å². The van der Waals surface area contributed by atoms with E-state index in [-0.39, 0.29) is 11.9 Å². The Bertz CT molecular complexity index is 545. The fourth-order valence-corrected chi connectivity index (χ4v) is 1.90. The Hall–Kier alpha value is -1.94. The van der Waals surface area contributed by atoms with E-state index in [1.807, 2.05) is 32.2 Å². The monoisotopic (exact) mass is 274 g/mol. The zero-order valence-electron chi connectivity index (χ0n) is 11.8. The van der Waals surface area contributed by atoms with Gasteiger partial charge in [-0.2, -0.15) is 0 Å². The molecular weight excluding hydrogens is 255 g/mol. The molecule has 3 nitrogen and oxygen atoms in total. The van der Waals surface area contributed by atoms with Crippen LogP contribution in [-0.2, 0) is 6.42 Å². The van der Waals surface area contributed by atoms with Crippen molar-refractivity contribution in [3.05, 3.63) is 59.7 Å². The zero-order valence-corrected chi connectivity index (χ0v) is 11.8. The maximum atomic E-state index is 13.9. The number of nitrogens with zero attached hydrogens (tertiary/aromatic N) is 1. The Morgan fingerprint density at radius 2 is 2.00 bits per heavy atom. The van der Waals surface area contributed by atoms with Gasteiger partial charge in [0.05, 0.1) is 6.61 Å². The average molecular weight is 274 g/mol. The van der Waals surface area contributed by atoms with E-state index < -0.39 is 0 Å². The maximum absolute atomic E-state index is 13.9. The van der Waals surface area contributed by atoms with E-state index in [2.05, 4.69) is 10.3 Å². The van der Waals surface area contributed by atoms with Gasteiger partial charge in [-0.3, -0.25) is 4.98 Å². The smallest absolute Gasteiger partial charge is 0.165 e. The van der Waals surface area contributed by atoms with Crippen LogP contribution < -0.4 is 10.1 Å². The van der Waals surface area contributed by atoms with E-state index in [1.165, 1.54) is 6.07 Å². The third-order valence-electron chi connectivity index (χ3n) is 3.29. The summed E-state index contributed by atoms with van der Waals surface area (Å²) in [4.78, 5) is 3.95. The lowest BCUT2D eigenvalue weighted by atomic mass is 10.1. The fraction of sp³-hybridized carbons (Fsp3) is 0.312. The molecule has 1 aromatic carbocycles. The molecule has 1 atom stereocenters. The summed E-state index contributed by atoms with van der Waals surface area (Å²) in [6.45, 7) is 2.43. The predicted octanol–water partition coefficient (Wildman–Crippen LogP) is 3.12. The van der Waals surface area contributed by atoms with Gasteiger partial charge < -0.3 is 10.1 Å². The number of pyridine rings is 1. The van der Waals surface area contributed by atoms with E-state index >= 15 is 0 Å². The first-order valence-electron chi connectivity index (χ1n) is 6.69. The molecule has 0 aliphatic rings. The summed E-state index contributed by atoms with van der Waals surface area (Å²) in [5.41, 5.74) is 2.03. The van der Waals surface area contributed by atoms with Gasteiger partial charge in [0.25, 0.3) is 0 Å². The number of hydrogen-bond acceptors (Lipinski definition) is 3. The summed E-state index contributed by atoms with van der Waals surface area (Å²) in [5, 5.41) is 3.08. The first kappa shape index (κ1) is 14.5. The van der Waals surface area contributed by atoms with Gasteiger partial charge in [0.2, 0.25) is 0 Å². The third-order valence-corrected chi connectivity index (χ3v) is 3.29. The Morgan fingerprint density at radius 1 is 1.25 bits per heavy atom. The number of rotatable bonds is 6. The van der Waals surface area contributed by atoms with Crippen LogP contribution in [0.15, 0.2) is 42.7 Å². The van der Waals surface area contributed by atoms with Gasteiger partial charge in [0, 0.05) is 24.9 Å². The lowest BCUT2D eigenvalue weighted by Gasteiger charge is -2.13. The number of hydrogen-bond donors (Lipinski definition) is 1. The lowest BCUT2D eigenvalue weighted by molar-refractivity contribution is 0.305. The second-order valence-corrected chi connectivity index (χ2v) is 4.65. The number of aromatic nitrogens is 1. The Balaban J connectivity index is 1.93. The van der Waals surface area contributed by atoms with Gasteiger partial charge in [-0.15, -0.1) is 0 Å². The number of benzene rings is 1. The van der Waals surface area contributed by atoms with Crippen LogP contribution in [0.2, 0.25) is 0 Å². The molecule has 1 unspecified atom stereocenters. The van der Waals surface area contributed by atoms with Crippen LogP contribution in [0.3, 0.4) is 0 Å². The molecule has 0 aliphatic carbocycles. The van der Waals surface area contributed by atoms with E-state index in [1.54, 1.807) is 18.5 Å². The Kier molecular flexibility index (Phi) is 5.07. The highest BCUT2D eigenvalue weighted by atomic mass is 19.1. The van der Waals surface area contributed by atoms with Gasteiger partial charge in [-0.25, -0.2) is 4.39 Å². The first-order valence-corrected chi connectivity index (χ1v) is 6.69. The quantitative estimate of drug-likeness (QED) is 0.878. The molecule has 0 saturated carbocycles. The van der Waals surface area contributed by atoms with Crippen LogP contribution in [0, 0.1) is 5.82 Å². The molecule has 0 saturated heterocycles. The molecule has 1 heterocycles. The van der Waals surface area contributed by atoms with Gasteiger partial charge in [-0.05, 0) is 49.4 Å². The third kappa shape index (κ3) is 3.78. The van der Waals surface area contributed by atoms with Crippen molar-refractivity contribution in [3.8, 4) is 5.75 Å². The minimum Gasteiger partial charge on any atom is -0.490 e. The maximum Gasteiger partial charge on any atom is 0.165 e.